The van der Waals surface area contributed by atoms with Gasteiger partial charge in [-0.1, -0.05) is 48.9 Å². The fourth-order valence-corrected chi connectivity index (χ4v) is 5.68. The summed E-state index contributed by atoms with van der Waals surface area (Å²) in [5.41, 5.74) is 6.10. The summed E-state index contributed by atoms with van der Waals surface area (Å²) in [6.07, 6.45) is 9.21. The van der Waals surface area contributed by atoms with Crippen LogP contribution in [0.3, 0.4) is 0 Å². The van der Waals surface area contributed by atoms with Gasteiger partial charge >= 0.3 is 5.97 Å². The number of carboxylic acids is 1. The van der Waals surface area contributed by atoms with Gasteiger partial charge in [0.05, 0.1) is 23.3 Å². The molecule has 2 N–H and O–H groups in total. The molecule has 2 aromatic heterocycles. The maximum absolute atomic E-state index is 14.6. The van der Waals surface area contributed by atoms with Gasteiger partial charge in [-0.15, -0.1) is 5.10 Å². The van der Waals surface area contributed by atoms with Crippen molar-refractivity contribution in [2.45, 2.75) is 24.3 Å². The number of nitrogens with zero attached hydrogens (tertiary/aromatic N) is 3. The Labute approximate surface area is 252 Å². The molecule has 0 atom stereocenters. The molecule has 3 aromatic carbocycles. The lowest BCUT2D eigenvalue weighted by Gasteiger charge is -2.31. The van der Waals surface area contributed by atoms with E-state index < -0.39 is 21.8 Å². The van der Waals surface area contributed by atoms with Crippen molar-refractivity contribution in [1.82, 2.24) is 20.2 Å². The minimum absolute atomic E-state index is 0.137. The predicted octanol–water partition coefficient (Wildman–Crippen LogP) is 6.54. The van der Waals surface area contributed by atoms with Crippen molar-refractivity contribution in [3.63, 3.8) is 0 Å². The van der Waals surface area contributed by atoms with Crippen LogP contribution in [0.1, 0.15) is 41.5 Å². The van der Waals surface area contributed by atoms with E-state index in [1.54, 1.807) is 6.07 Å². The summed E-state index contributed by atoms with van der Waals surface area (Å²) in [4.78, 5) is 19.0. The lowest BCUT2D eigenvalue weighted by molar-refractivity contribution is -0.131. The molecule has 9 nitrogen and oxygen atoms in total. The zero-order valence-electron chi connectivity index (χ0n) is 23.6. The first-order chi connectivity index (χ1) is 21.2. The summed E-state index contributed by atoms with van der Waals surface area (Å²) < 4.78 is 43.8. The molecular formula is C33H27FN4O5S. The highest BCUT2D eigenvalue weighted by Gasteiger charge is 2.27. The van der Waals surface area contributed by atoms with Gasteiger partial charge in [-0.05, 0) is 82.5 Å². The minimum atomic E-state index is -3.47. The van der Waals surface area contributed by atoms with Gasteiger partial charge in [0.1, 0.15) is 5.75 Å². The first-order valence-electron chi connectivity index (χ1n) is 13.9. The van der Waals surface area contributed by atoms with Crippen LogP contribution in [0.15, 0.2) is 90.2 Å². The van der Waals surface area contributed by atoms with E-state index in [0.29, 0.717) is 16.7 Å². The third kappa shape index (κ3) is 6.13. The van der Waals surface area contributed by atoms with Gasteiger partial charge in [0.2, 0.25) is 11.8 Å². The Balaban J connectivity index is 1.43. The van der Waals surface area contributed by atoms with Crippen LogP contribution in [0.25, 0.3) is 28.1 Å². The third-order valence-electron chi connectivity index (χ3n) is 7.58. The number of aromatic amines is 1. The fourth-order valence-electron chi connectivity index (χ4n) is 5.20. The standard InChI is InChI=1S/C33H27FN4O5S/c1-44(41,42)29-19-35-28(18-36-29)43-25-13-10-23(11-14-25)31(21-3-2-4-21)32(22-8-5-20(6-9-22)7-16-30(39)40)24-12-15-27-26(17-24)33(34)38-37-27/h5-19,21H,2-4H2,1H3,(H,37,38)(H,39,40). The third-order valence-corrected chi connectivity index (χ3v) is 8.55. The van der Waals surface area contributed by atoms with Gasteiger partial charge in [-0.2, -0.15) is 4.39 Å². The molecular weight excluding hydrogens is 583 g/mol. The molecule has 11 heteroatoms. The van der Waals surface area contributed by atoms with E-state index >= 15 is 0 Å². The Morgan fingerprint density at radius 2 is 1.68 bits per heavy atom. The number of benzene rings is 3. The molecule has 1 aliphatic rings. The number of carbonyl (C=O) groups is 1. The van der Waals surface area contributed by atoms with Crippen molar-refractivity contribution in [3.8, 4) is 11.6 Å². The summed E-state index contributed by atoms with van der Waals surface area (Å²) >= 11 is 0. The number of ether oxygens (including phenoxy) is 1. The highest BCUT2D eigenvalue weighted by Crippen LogP contribution is 2.45. The topological polar surface area (TPSA) is 135 Å². The molecule has 1 aliphatic carbocycles. The number of allylic oxidation sites excluding steroid dienone is 1. The number of aliphatic carboxylic acids is 1. The smallest absolute Gasteiger partial charge is 0.328 e. The summed E-state index contributed by atoms with van der Waals surface area (Å²) in [5.74, 6) is -0.672. The van der Waals surface area contributed by atoms with E-state index in [9.17, 15) is 17.6 Å². The Morgan fingerprint density at radius 1 is 0.977 bits per heavy atom. The number of rotatable bonds is 9. The SMILES string of the molecule is CS(=O)(=O)c1cnc(Oc2ccc(C(=C(c3ccc(C=CC(=O)O)cc3)c3ccc4[nH]nc(F)c4c3)C3CCC3)cc2)cn1. The molecule has 0 aliphatic heterocycles. The number of carboxylic acid groups (broad SMARTS) is 1. The molecule has 0 amide bonds. The van der Waals surface area contributed by atoms with Gasteiger partial charge in [0.15, 0.2) is 14.9 Å². The minimum Gasteiger partial charge on any atom is -0.478 e. The van der Waals surface area contributed by atoms with E-state index in [1.165, 1.54) is 12.3 Å². The van der Waals surface area contributed by atoms with Crippen molar-refractivity contribution >= 4 is 43.9 Å². The number of hydrogen-bond donors (Lipinski definition) is 2. The van der Waals surface area contributed by atoms with Crippen molar-refractivity contribution in [2.75, 3.05) is 6.26 Å². The highest BCUT2D eigenvalue weighted by atomic mass is 32.2. The molecule has 0 radical (unpaired) electrons. The number of hydrogen-bond acceptors (Lipinski definition) is 7. The fraction of sp³-hybridized carbons (Fsp3) is 0.152. The molecule has 0 saturated heterocycles. The van der Waals surface area contributed by atoms with E-state index in [-0.39, 0.29) is 16.8 Å². The lowest BCUT2D eigenvalue weighted by Crippen LogP contribution is -2.15. The molecule has 5 aromatic rings. The molecule has 2 heterocycles. The summed E-state index contributed by atoms with van der Waals surface area (Å²) in [6.45, 7) is 0. The molecule has 1 saturated carbocycles. The second kappa shape index (κ2) is 11.8. The quantitative estimate of drug-likeness (QED) is 0.142. The van der Waals surface area contributed by atoms with Crippen LogP contribution in [0.5, 0.6) is 11.6 Å². The lowest BCUT2D eigenvalue weighted by atomic mass is 9.73. The largest absolute Gasteiger partial charge is 0.478 e. The number of H-pyrrole nitrogens is 1. The van der Waals surface area contributed by atoms with Gasteiger partial charge < -0.3 is 9.84 Å². The van der Waals surface area contributed by atoms with Crippen LogP contribution >= 0.6 is 0 Å². The second-order valence-electron chi connectivity index (χ2n) is 10.6. The maximum Gasteiger partial charge on any atom is 0.328 e. The van der Waals surface area contributed by atoms with Gasteiger partial charge in [0, 0.05) is 12.3 Å². The average Bonchev–Trinajstić information content (AvgIpc) is 3.35. The van der Waals surface area contributed by atoms with E-state index in [4.69, 9.17) is 9.84 Å². The van der Waals surface area contributed by atoms with Gasteiger partial charge in [-0.25, -0.2) is 23.2 Å². The van der Waals surface area contributed by atoms with E-state index in [0.717, 1.165) is 71.2 Å². The Morgan fingerprint density at radius 3 is 2.30 bits per heavy atom. The number of sulfone groups is 1. The summed E-state index contributed by atoms with van der Waals surface area (Å²) in [7, 11) is -3.47. The zero-order valence-corrected chi connectivity index (χ0v) is 24.4. The maximum atomic E-state index is 14.6. The first-order valence-corrected chi connectivity index (χ1v) is 15.7. The van der Waals surface area contributed by atoms with Gasteiger partial charge in [-0.3, -0.25) is 5.10 Å². The van der Waals surface area contributed by atoms with Crippen LogP contribution in [0.4, 0.5) is 4.39 Å². The molecule has 44 heavy (non-hydrogen) atoms. The van der Waals surface area contributed by atoms with E-state index in [1.807, 2.05) is 60.7 Å². The van der Waals surface area contributed by atoms with Gasteiger partial charge in [0.25, 0.3) is 0 Å². The number of halogens is 1. The number of aromatic nitrogens is 4. The summed E-state index contributed by atoms with van der Waals surface area (Å²) in [6, 6.07) is 20.7. The molecule has 0 spiro atoms. The average molecular weight is 611 g/mol. The molecule has 1 fully saturated rings. The Kier molecular flexibility index (Phi) is 7.79. The first kappa shape index (κ1) is 28.9. The van der Waals surface area contributed by atoms with E-state index in [2.05, 4.69) is 20.2 Å². The van der Waals surface area contributed by atoms with Crippen LogP contribution in [0.2, 0.25) is 0 Å². The summed E-state index contributed by atoms with van der Waals surface area (Å²) in [5, 5.41) is 15.7. The Hall–Kier alpha value is -5.16. The second-order valence-corrected chi connectivity index (χ2v) is 12.5. The number of nitrogens with one attached hydrogen (secondary N) is 1. The molecule has 0 unspecified atom stereocenters. The highest BCUT2D eigenvalue weighted by molar-refractivity contribution is 7.90. The normalized spacial score (nSPS) is 14.4. The molecule has 222 valence electrons. The molecule has 0 bridgehead atoms. The van der Waals surface area contributed by atoms with Crippen molar-refractivity contribution in [2.24, 2.45) is 5.92 Å². The molecule has 6 rings (SSSR count). The van der Waals surface area contributed by atoms with Crippen LogP contribution < -0.4 is 4.74 Å². The van der Waals surface area contributed by atoms with Crippen LogP contribution in [0, 0.1) is 11.9 Å². The monoisotopic (exact) mass is 610 g/mol. The Bertz CT molecular complexity index is 2010. The van der Waals surface area contributed by atoms with Crippen molar-refractivity contribution in [1.29, 1.82) is 0 Å². The van der Waals surface area contributed by atoms with Crippen molar-refractivity contribution < 1.29 is 27.4 Å². The number of fused-ring (bicyclic) bond motifs is 1. The van der Waals surface area contributed by atoms with Crippen LogP contribution in [-0.2, 0) is 14.6 Å². The van der Waals surface area contributed by atoms with Crippen LogP contribution in [-0.4, -0.2) is 45.9 Å². The predicted molar refractivity (Wildman–Crippen MR) is 164 cm³/mol. The van der Waals surface area contributed by atoms with Crippen molar-refractivity contribution in [3.05, 3.63) is 113 Å². The zero-order chi connectivity index (χ0) is 30.8.